The molecule has 2 aromatic rings. The summed E-state index contributed by atoms with van der Waals surface area (Å²) >= 11 is 0. The topological polar surface area (TPSA) is 91.5 Å². The molecule has 3 atom stereocenters. The molecule has 1 aliphatic heterocycles. The molecule has 3 heterocycles. The van der Waals surface area contributed by atoms with Gasteiger partial charge in [0.1, 0.15) is 5.82 Å². The monoisotopic (exact) mass is 328 g/mol. The molecule has 2 N–H and O–H groups in total. The van der Waals surface area contributed by atoms with Crippen molar-refractivity contribution in [3.63, 3.8) is 0 Å². The minimum absolute atomic E-state index is 0.148. The van der Waals surface area contributed by atoms with Crippen LogP contribution in [0.15, 0.2) is 24.5 Å². The molecule has 7 nitrogen and oxygen atoms in total. The highest BCUT2D eigenvalue weighted by Gasteiger charge is 2.45. The third kappa shape index (κ3) is 2.75. The van der Waals surface area contributed by atoms with Crippen LogP contribution in [0.1, 0.15) is 41.1 Å². The molecule has 2 fully saturated rings. The molecule has 4 rings (SSSR count). The van der Waals surface area contributed by atoms with E-state index in [0.717, 1.165) is 36.3 Å². The summed E-state index contributed by atoms with van der Waals surface area (Å²) in [7, 11) is 0. The summed E-state index contributed by atoms with van der Waals surface area (Å²) in [5.41, 5.74) is 1.62. The minimum Gasteiger partial charge on any atom is -0.478 e. The van der Waals surface area contributed by atoms with Gasteiger partial charge in [-0.3, -0.25) is 4.68 Å². The van der Waals surface area contributed by atoms with Crippen molar-refractivity contribution in [2.24, 2.45) is 11.8 Å². The summed E-state index contributed by atoms with van der Waals surface area (Å²) in [6.45, 7) is 4.18. The molecule has 2 aliphatic rings. The Morgan fingerprint density at radius 2 is 2.12 bits per heavy atom. The van der Waals surface area contributed by atoms with E-state index in [1.807, 2.05) is 12.1 Å². The van der Waals surface area contributed by atoms with Gasteiger partial charge in [-0.2, -0.15) is 5.10 Å². The molecule has 0 amide bonds. The van der Waals surface area contributed by atoms with Gasteiger partial charge < -0.3 is 15.1 Å². The number of nitrogens with zero attached hydrogens (tertiary/aromatic N) is 4. The average molecular weight is 328 g/mol. The standard InChI is InChI=1S/C17H20N4O3/c1-10(22)16-11(8-21-9-14(5-18-21)17(23)24)2-3-15(19-16)20-6-12-4-13(12)7-20/h2-3,5,9-10,12-13,22H,4,6-8H2,1H3,(H,23,24)/t10-,12?,13?/m1/s1. The number of aliphatic hydroxyl groups excluding tert-OH is 1. The summed E-state index contributed by atoms with van der Waals surface area (Å²) in [5, 5.41) is 23.1. The maximum absolute atomic E-state index is 11.0. The Balaban J connectivity index is 1.58. The van der Waals surface area contributed by atoms with E-state index < -0.39 is 12.1 Å². The molecule has 126 valence electrons. The molecule has 1 aliphatic carbocycles. The van der Waals surface area contributed by atoms with Crippen LogP contribution in [0.5, 0.6) is 0 Å². The fourth-order valence-electron chi connectivity index (χ4n) is 3.48. The zero-order valence-electron chi connectivity index (χ0n) is 13.5. The molecule has 0 aromatic carbocycles. The lowest BCUT2D eigenvalue weighted by Crippen LogP contribution is -2.23. The number of fused-ring (bicyclic) bond motifs is 1. The van der Waals surface area contributed by atoms with Crippen LogP contribution in [-0.2, 0) is 6.54 Å². The number of rotatable bonds is 5. The second-order valence-corrected chi connectivity index (χ2v) is 6.78. The van der Waals surface area contributed by atoms with Crippen molar-refractivity contribution >= 4 is 11.8 Å². The van der Waals surface area contributed by atoms with Crippen molar-refractivity contribution in [3.8, 4) is 0 Å². The van der Waals surface area contributed by atoms with Crippen LogP contribution >= 0.6 is 0 Å². The van der Waals surface area contributed by atoms with Crippen molar-refractivity contribution < 1.29 is 15.0 Å². The van der Waals surface area contributed by atoms with E-state index >= 15 is 0 Å². The van der Waals surface area contributed by atoms with E-state index in [9.17, 15) is 9.90 Å². The molecule has 0 bridgehead atoms. The predicted molar refractivity (Wildman–Crippen MR) is 87.0 cm³/mol. The first-order chi connectivity index (χ1) is 11.5. The van der Waals surface area contributed by atoms with Crippen LogP contribution in [0.2, 0.25) is 0 Å². The first kappa shape index (κ1) is 15.1. The largest absolute Gasteiger partial charge is 0.478 e. The van der Waals surface area contributed by atoms with E-state index in [-0.39, 0.29) is 5.56 Å². The maximum atomic E-state index is 11.0. The van der Waals surface area contributed by atoms with Gasteiger partial charge in [0, 0.05) is 19.3 Å². The number of aromatic carboxylic acids is 1. The van der Waals surface area contributed by atoms with Crippen LogP contribution in [0.3, 0.4) is 0 Å². The molecule has 24 heavy (non-hydrogen) atoms. The van der Waals surface area contributed by atoms with E-state index in [1.165, 1.54) is 18.8 Å². The number of aromatic nitrogens is 3. The van der Waals surface area contributed by atoms with E-state index in [0.29, 0.717) is 12.2 Å². The van der Waals surface area contributed by atoms with Crippen LogP contribution in [0.25, 0.3) is 0 Å². The number of carboxylic acids is 1. The molecule has 2 aromatic heterocycles. The van der Waals surface area contributed by atoms with Crippen molar-refractivity contribution in [1.29, 1.82) is 0 Å². The van der Waals surface area contributed by atoms with Gasteiger partial charge in [-0.1, -0.05) is 6.07 Å². The molecule has 0 radical (unpaired) electrons. The molecular weight excluding hydrogens is 308 g/mol. The van der Waals surface area contributed by atoms with Gasteiger partial charge >= 0.3 is 5.97 Å². The normalized spacial score (nSPS) is 23.2. The summed E-state index contributed by atoms with van der Waals surface area (Å²) in [6.07, 6.45) is 3.45. The summed E-state index contributed by atoms with van der Waals surface area (Å²) < 4.78 is 1.55. The van der Waals surface area contributed by atoms with Gasteiger partial charge in [0.05, 0.1) is 30.1 Å². The average Bonchev–Trinajstić information content (AvgIpc) is 2.97. The Kier molecular flexibility index (Phi) is 3.53. The summed E-state index contributed by atoms with van der Waals surface area (Å²) in [4.78, 5) is 17.9. The highest BCUT2D eigenvalue weighted by molar-refractivity contribution is 5.86. The molecular formula is C17H20N4O3. The Bertz CT molecular complexity index is 776. The van der Waals surface area contributed by atoms with Crippen molar-refractivity contribution in [1.82, 2.24) is 14.8 Å². The minimum atomic E-state index is -1.00. The van der Waals surface area contributed by atoms with E-state index in [2.05, 4.69) is 15.0 Å². The van der Waals surface area contributed by atoms with Gasteiger partial charge in [0.2, 0.25) is 0 Å². The number of pyridine rings is 1. The highest BCUT2D eigenvalue weighted by atomic mass is 16.4. The second-order valence-electron chi connectivity index (χ2n) is 6.78. The third-order valence-electron chi connectivity index (χ3n) is 4.91. The number of carboxylic acid groups (broad SMARTS) is 1. The van der Waals surface area contributed by atoms with Crippen molar-refractivity contribution in [3.05, 3.63) is 41.3 Å². The van der Waals surface area contributed by atoms with Gasteiger partial charge in [-0.15, -0.1) is 0 Å². The van der Waals surface area contributed by atoms with Crippen LogP contribution in [-0.4, -0.2) is 44.0 Å². The number of hydrogen-bond acceptors (Lipinski definition) is 5. The van der Waals surface area contributed by atoms with Crippen molar-refractivity contribution in [2.75, 3.05) is 18.0 Å². The summed E-state index contributed by atoms with van der Waals surface area (Å²) in [6, 6.07) is 3.93. The summed E-state index contributed by atoms with van der Waals surface area (Å²) in [5.74, 6) is 1.55. The smallest absolute Gasteiger partial charge is 0.338 e. The van der Waals surface area contributed by atoms with Gasteiger partial charge in [0.15, 0.2) is 0 Å². The maximum Gasteiger partial charge on any atom is 0.338 e. The SMILES string of the molecule is C[C@@H](O)c1nc(N2CC3CC3C2)ccc1Cn1cc(C(=O)O)cn1. The van der Waals surface area contributed by atoms with Gasteiger partial charge in [-0.05, 0) is 36.8 Å². The lowest BCUT2D eigenvalue weighted by molar-refractivity contribution is 0.0696. The Morgan fingerprint density at radius 1 is 1.38 bits per heavy atom. The molecule has 1 saturated carbocycles. The number of aliphatic hydroxyl groups is 1. The zero-order valence-corrected chi connectivity index (χ0v) is 13.5. The Labute approximate surface area is 139 Å². The highest BCUT2D eigenvalue weighted by Crippen LogP contribution is 2.46. The van der Waals surface area contributed by atoms with Crippen LogP contribution in [0, 0.1) is 11.8 Å². The van der Waals surface area contributed by atoms with E-state index in [1.54, 1.807) is 11.6 Å². The fraction of sp³-hybridized carbons (Fsp3) is 0.471. The number of hydrogen-bond donors (Lipinski definition) is 2. The zero-order chi connectivity index (χ0) is 16.8. The Hall–Kier alpha value is -2.41. The fourth-order valence-corrected chi connectivity index (χ4v) is 3.48. The quantitative estimate of drug-likeness (QED) is 0.865. The second kappa shape index (κ2) is 5.59. The van der Waals surface area contributed by atoms with Gasteiger partial charge in [0.25, 0.3) is 0 Å². The number of carbonyl (C=O) groups is 1. The third-order valence-corrected chi connectivity index (χ3v) is 4.91. The first-order valence-corrected chi connectivity index (χ1v) is 8.20. The first-order valence-electron chi connectivity index (χ1n) is 8.20. The van der Waals surface area contributed by atoms with Gasteiger partial charge in [-0.25, -0.2) is 9.78 Å². The number of piperidine rings is 1. The van der Waals surface area contributed by atoms with Crippen LogP contribution < -0.4 is 4.90 Å². The molecule has 0 spiro atoms. The predicted octanol–water partition coefficient (Wildman–Crippen LogP) is 1.53. The molecule has 2 unspecified atom stereocenters. The lowest BCUT2D eigenvalue weighted by Gasteiger charge is -2.21. The van der Waals surface area contributed by atoms with Crippen LogP contribution in [0.4, 0.5) is 5.82 Å². The van der Waals surface area contributed by atoms with E-state index in [4.69, 9.17) is 5.11 Å². The number of anilines is 1. The lowest BCUT2D eigenvalue weighted by atomic mass is 10.1. The van der Waals surface area contributed by atoms with Crippen molar-refractivity contribution in [2.45, 2.75) is 26.0 Å². The molecule has 7 heteroatoms. The molecule has 1 saturated heterocycles. The Morgan fingerprint density at radius 3 is 2.75 bits per heavy atom.